The fourth-order valence-electron chi connectivity index (χ4n) is 1.94. The Hall–Kier alpha value is -2.41. The summed E-state index contributed by atoms with van der Waals surface area (Å²) in [5, 5.41) is 12.0. The Morgan fingerprint density at radius 1 is 1.39 bits per heavy atom. The summed E-state index contributed by atoms with van der Waals surface area (Å²) in [6.07, 6.45) is 2.69. The minimum Gasteiger partial charge on any atom is -0.480 e. The summed E-state index contributed by atoms with van der Waals surface area (Å²) in [5.41, 5.74) is 0.507. The number of rotatable bonds is 7. The summed E-state index contributed by atoms with van der Waals surface area (Å²) in [5.74, 6) is -0.0220. The zero-order chi connectivity index (χ0) is 17.6. The summed E-state index contributed by atoms with van der Waals surface area (Å²) in [4.78, 5) is 27.7. The van der Waals surface area contributed by atoms with E-state index in [-0.39, 0.29) is 17.5 Å². The number of nitrogens with zero attached hydrogens (tertiary/aromatic N) is 2. The van der Waals surface area contributed by atoms with E-state index >= 15 is 0 Å². The number of nitro groups is 1. The molecule has 7 heteroatoms. The molecule has 1 unspecified atom stereocenters. The highest BCUT2D eigenvalue weighted by Crippen LogP contribution is 2.28. The summed E-state index contributed by atoms with van der Waals surface area (Å²) in [6.45, 7) is 5.51. The summed E-state index contributed by atoms with van der Waals surface area (Å²) in [7, 11) is 2.90. The second-order valence-electron chi connectivity index (χ2n) is 5.28. The number of benzene rings is 1. The Balaban J connectivity index is 3.18. The lowest BCUT2D eigenvalue weighted by Crippen LogP contribution is -2.42. The fraction of sp³-hybridized carbons (Fsp3) is 0.438. The van der Waals surface area contributed by atoms with E-state index < -0.39 is 11.0 Å². The van der Waals surface area contributed by atoms with Crippen LogP contribution in [0, 0.1) is 16.0 Å². The van der Waals surface area contributed by atoms with Crippen LogP contribution in [-0.2, 0) is 9.63 Å². The number of likely N-dealkylation sites (N-methyl/N-ethyl adjacent to an activating group) is 1. The number of nitro benzene ring substituents is 1. The van der Waals surface area contributed by atoms with Crippen LogP contribution in [0.3, 0.4) is 0 Å². The van der Waals surface area contributed by atoms with E-state index in [2.05, 4.69) is 0 Å². The molecule has 0 spiro atoms. The van der Waals surface area contributed by atoms with Crippen molar-refractivity contribution >= 4 is 17.7 Å². The molecule has 0 heterocycles. The Morgan fingerprint density at radius 3 is 2.52 bits per heavy atom. The first-order valence-corrected chi connectivity index (χ1v) is 7.21. The molecular weight excluding hydrogens is 300 g/mol. The van der Waals surface area contributed by atoms with Gasteiger partial charge in [-0.15, -0.1) is 0 Å². The van der Waals surface area contributed by atoms with Crippen LogP contribution in [0.4, 0.5) is 5.69 Å². The lowest BCUT2D eigenvalue weighted by Gasteiger charge is -2.26. The third-order valence-electron chi connectivity index (χ3n) is 3.24. The highest BCUT2D eigenvalue weighted by Gasteiger charge is 2.28. The molecule has 0 saturated heterocycles. The fourth-order valence-corrected chi connectivity index (χ4v) is 1.94. The summed E-state index contributed by atoms with van der Waals surface area (Å²) in [6, 6.07) is 4.27. The van der Waals surface area contributed by atoms with Gasteiger partial charge < -0.3 is 4.74 Å². The maximum absolute atomic E-state index is 12.3. The third kappa shape index (κ3) is 4.79. The van der Waals surface area contributed by atoms with Gasteiger partial charge in [0.05, 0.1) is 12.0 Å². The Labute approximate surface area is 135 Å². The van der Waals surface area contributed by atoms with Gasteiger partial charge in [-0.05, 0) is 18.9 Å². The van der Waals surface area contributed by atoms with E-state index in [1.807, 2.05) is 13.8 Å². The Kier molecular flexibility index (Phi) is 6.71. The second kappa shape index (κ2) is 8.28. The number of carbonyl (C=O) groups is 1. The van der Waals surface area contributed by atoms with Crippen LogP contribution in [0.1, 0.15) is 26.3 Å². The van der Waals surface area contributed by atoms with E-state index in [1.165, 1.54) is 32.4 Å². The third-order valence-corrected chi connectivity index (χ3v) is 3.24. The van der Waals surface area contributed by atoms with Crippen molar-refractivity contribution < 1.29 is 19.3 Å². The molecule has 0 radical (unpaired) electrons. The highest BCUT2D eigenvalue weighted by molar-refractivity contribution is 5.80. The van der Waals surface area contributed by atoms with Crippen molar-refractivity contribution in [3.05, 3.63) is 40.0 Å². The van der Waals surface area contributed by atoms with Crippen molar-refractivity contribution in [3.63, 3.8) is 0 Å². The van der Waals surface area contributed by atoms with Crippen LogP contribution < -0.4 is 4.74 Å². The standard InChI is InChI=1S/C16H22N2O5/c1-6-7-12-10-13(18(20)21)8-9-14(12)23-15(11(2)3)16(19)17(4)22-5/h6-11,15H,1-5H3/b7-6+. The van der Waals surface area contributed by atoms with Gasteiger partial charge >= 0.3 is 0 Å². The second-order valence-corrected chi connectivity index (χ2v) is 5.28. The smallest absolute Gasteiger partial charge is 0.287 e. The number of amides is 1. The molecule has 0 aliphatic heterocycles. The molecule has 0 aliphatic rings. The number of hydroxylamine groups is 2. The van der Waals surface area contributed by atoms with Gasteiger partial charge in [-0.25, -0.2) is 5.06 Å². The van der Waals surface area contributed by atoms with Gasteiger partial charge in [0.25, 0.3) is 11.6 Å². The molecule has 0 fully saturated rings. The number of hydrogen-bond acceptors (Lipinski definition) is 5. The average Bonchev–Trinajstić information content (AvgIpc) is 2.51. The van der Waals surface area contributed by atoms with Crippen LogP contribution in [0.5, 0.6) is 5.75 Å². The van der Waals surface area contributed by atoms with Crippen molar-refractivity contribution in [1.82, 2.24) is 5.06 Å². The molecule has 23 heavy (non-hydrogen) atoms. The van der Waals surface area contributed by atoms with E-state index in [4.69, 9.17) is 9.57 Å². The Bertz CT molecular complexity index is 598. The Morgan fingerprint density at radius 2 is 2.04 bits per heavy atom. The van der Waals surface area contributed by atoms with Gasteiger partial charge in [0.15, 0.2) is 6.10 Å². The minimum atomic E-state index is -0.759. The SMILES string of the molecule is C/C=C/c1cc([N+](=O)[O-])ccc1OC(C(=O)N(C)OC)C(C)C. The lowest BCUT2D eigenvalue weighted by molar-refractivity contribution is -0.384. The first-order chi connectivity index (χ1) is 10.8. The molecule has 1 amide bonds. The molecular formula is C16H22N2O5. The molecule has 1 aromatic rings. The van der Waals surface area contributed by atoms with Crippen LogP contribution in [0.15, 0.2) is 24.3 Å². The van der Waals surface area contributed by atoms with Crippen molar-refractivity contribution in [3.8, 4) is 5.75 Å². The summed E-state index contributed by atoms with van der Waals surface area (Å²) < 4.78 is 5.83. The van der Waals surface area contributed by atoms with E-state index in [9.17, 15) is 14.9 Å². The molecule has 0 aliphatic carbocycles. The predicted molar refractivity (Wildman–Crippen MR) is 86.8 cm³/mol. The van der Waals surface area contributed by atoms with Crippen LogP contribution in [-0.4, -0.2) is 36.2 Å². The van der Waals surface area contributed by atoms with Gasteiger partial charge in [0.2, 0.25) is 0 Å². The number of non-ortho nitro benzene ring substituents is 1. The monoisotopic (exact) mass is 322 g/mol. The molecule has 0 saturated carbocycles. The number of carbonyl (C=O) groups excluding carboxylic acids is 1. The van der Waals surface area contributed by atoms with Crippen molar-refractivity contribution in [1.29, 1.82) is 0 Å². The van der Waals surface area contributed by atoms with Gasteiger partial charge in [0, 0.05) is 24.7 Å². The van der Waals surface area contributed by atoms with Gasteiger partial charge in [-0.1, -0.05) is 26.0 Å². The van der Waals surface area contributed by atoms with Gasteiger partial charge in [0.1, 0.15) is 5.75 Å². The average molecular weight is 322 g/mol. The topological polar surface area (TPSA) is 81.9 Å². The minimum absolute atomic E-state index is 0.0353. The van der Waals surface area contributed by atoms with Gasteiger partial charge in [-0.3, -0.25) is 19.7 Å². The van der Waals surface area contributed by atoms with Crippen molar-refractivity contribution in [2.75, 3.05) is 14.2 Å². The molecule has 1 aromatic carbocycles. The van der Waals surface area contributed by atoms with E-state index in [0.717, 1.165) is 5.06 Å². The van der Waals surface area contributed by atoms with Crippen LogP contribution in [0.2, 0.25) is 0 Å². The molecule has 1 rings (SSSR count). The van der Waals surface area contributed by atoms with Crippen molar-refractivity contribution in [2.24, 2.45) is 5.92 Å². The number of allylic oxidation sites excluding steroid dienone is 1. The quantitative estimate of drug-likeness (QED) is 0.569. The lowest BCUT2D eigenvalue weighted by atomic mass is 10.1. The molecule has 0 N–H and O–H groups in total. The van der Waals surface area contributed by atoms with Crippen LogP contribution in [0.25, 0.3) is 6.08 Å². The maximum atomic E-state index is 12.3. The first kappa shape index (κ1) is 18.6. The summed E-state index contributed by atoms with van der Waals surface area (Å²) >= 11 is 0. The van der Waals surface area contributed by atoms with E-state index in [0.29, 0.717) is 11.3 Å². The largest absolute Gasteiger partial charge is 0.480 e. The number of hydrogen-bond donors (Lipinski definition) is 0. The zero-order valence-corrected chi connectivity index (χ0v) is 14.0. The van der Waals surface area contributed by atoms with Crippen molar-refractivity contribution in [2.45, 2.75) is 26.9 Å². The van der Waals surface area contributed by atoms with Crippen LogP contribution >= 0.6 is 0 Å². The molecule has 0 bridgehead atoms. The maximum Gasteiger partial charge on any atom is 0.287 e. The molecule has 7 nitrogen and oxygen atoms in total. The predicted octanol–water partition coefficient (Wildman–Crippen LogP) is 3.05. The molecule has 0 aromatic heterocycles. The zero-order valence-electron chi connectivity index (χ0n) is 14.0. The van der Waals surface area contributed by atoms with Gasteiger partial charge in [-0.2, -0.15) is 0 Å². The first-order valence-electron chi connectivity index (χ1n) is 7.21. The molecule has 126 valence electrons. The van der Waals surface area contributed by atoms with E-state index in [1.54, 1.807) is 19.1 Å². The normalized spacial score (nSPS) is 12.4. The number of ether oxygens (including phenoxy) is 1. The molecule has 1 atom stereocenters. The highest BCUT2D eigenvalue weighted by atomic mass is 16.7.